The van der Waals surface area contributed by atoms with Gasteiger partial charge in [0.1, 0.15) is 28.8 Å². The van der Waals surface area contributed by atoms with Crippen LogP contribution >= 0.6 is 0 Å². The van der Waals surface area contributed by atoms with Crippen molar-refractivity contribution in [3.63, 3.8) is 0 Å². The Labute approximate surface area is 419 Å². The zero-order valence-electron chi connectivity index (χ0n) is 41.5. The number of piperidine rings is 2. The Morgan fingerprint density at radius 3 is 2.39 bits per heavy atom. The van der Waals surface area contributed by atoms with Gasteiger partial charge in [-0.15, -0.1) is 0 Å². The summed E-state index contributed by atoms with van der Waals surface area (Å²) >= 11 is 0. The normalized spacial score (nSPS) is 25.6. The highest BCUT2D eigenvalue weighted by Crippen LogP contribution is 2.58. The molecule has 3 atom stereocenters. The molecule has 1 spiro atoms. The van der Waals surface area contributed by atoms with Gasteiger partial charge in [0, 0.05) is 105 Å². The van der Waals surface area contributed by atoms with E-state index in [2.05, 4.69) is 50.1 Å². The van der Waals surface area contributed by atoms with Gasteiger partial charge in [0.15, 0.2) is 5.82 Å². The Bertz CT molecular complexity index is 3020. The van der Waals surface area contributed by atoms with Crippen molar-refractivity contribution < 1.29 is 28.6 Å². The molecule has 5 aromatic rings. The number of pyridine rings is 1. The molecular formula is C56H65FN10O5. The third kappa shape index (κ3) is 8.03. The molecule has 7 fully saturated rings. The molecular weight excluding hydrogens is 912 g/mol. The fourth-order valence-corrected chi connectivity index (χ4v) is 14.3. The number of carbonyl (C=O) groups is 3. The Morgan fingerprint density at radius 2 is 1.65 bits per heavy atom. The highest BCUT2D eigenvalue weighted by molar-refractivity contribution is 6.06. The number of hydrogen-bond acceptors (Lipinski definition) is 13. The number of ether oxygens (including phenoxy) is 1. The summed E-state index contributed by atoms with van der Waals surface area (Å²) in [6.45, 7) is 14.0. The molecule has 6 aliphatic heterocycles. The van der Waals surface area contributed by atoms with Crippen LogP contribution in [0.2, 0.25) is 0 Å². The van der Waals surface area contributed by atoms with Crippen molar-refractivity contribution in [2.45, 2.75) is 115 Å². The molecule has 2 aromatic heterocycles. The molecule has 72 heavy (non-hydrogen) atoms. The number of halogens is 1. The van der Waals surface area contributed by atoms with Crippen LogP contribution in [0.5, 0.6) is 11.8 Å². The number of amides is 3. The second kappa shape index (κ2) is 17.3. The number of benzene rings is 3. The number of hydrogen-bond donors (Lipinski definition) is 3. The molecule has 0 radical (unpaired) electrons. The van der Waals surface area contributed by atoms with Gasteiger partial charge in [-0.05, 0) is 142 Å². The van der Waals surface area contributed by atoms with Crippen LogP contribution in [0.25, 0.3) is 32.9 Å². The highest BCUT2D eigenvalue weighted by Gasteiger charge is 2.56. The van der Waals surface area contributed by atoms with Crippen LogP contribution in [0.3, 0.4) is 0 Å². The number of rotatable bonds is 11. The van der Waals surface area contributed by atoms with Crippen LogP contribution in [-0.4, -0.2) is 142 Å². The minimum absolute atomic E-state index is 0.0191. The molecule has 5 saturated heterocycles. The summed E-state index contributed by atoms with van der Waals surface area (Å²) in [5, 5.41) is 19.2. The monoisotopic (exact) mass is 977 g/mol. The second-order valence-electron chi connectivity index (χ2n) is 23.0. The number of phenols is 1. The van der Waals surface area contributed by atoms with Gasteiger partial charge >= 0.3 is 6.01 Å². The van der Waals surface area contributed by atoms with E-state index in [1.54, 1.807) is 23.2 Å². The molecule has 16 heteroatoms. The number of fused-ring (bicyclic) bond motifs is 5. The minimum atomic E-state index is -0.606. The van der Waals surface area contributed by atoms with E-state index in [4.69, 9.17) is 19.7 Å². The lowest BCUT2D eigenvalue weighted by Gasteiger charge is -2.63. The standard InChI is InChI=1S/C56H65FN10O5/c1-3-34-5-4-6-35-24-40(68)25-42(46(34)35)48-47(57)49-43(26-58-48)50(65-28-37-7-8-38(29-65)59-37)62-53(61-49)72-33-56(13-14-56)32-63-17-15-55(16-18-63)30-54(2,31-55)66-21-19-64(20-22-66)39-9-10-41-36(23-39)27-67(52(41)71)44-11-12-45(69)60-51(44)70/h4-6,9-10,23-26,37-38,44,59,68H,3,7-8,11-22,27-33H2,1-2H3,(H,60,69,70). The summed E-state index contributed by atoms with van der Waals surface area (Å²) in [7, 11) is 0. The Balaban J connectivity index is 0.646. The lowest BCUT2D eigenvalue weighted by atomic mass is 9.53. The van der Waals surface area contributed by atoms with Crippen molar-refractivity contribution in [3.8, 4) is 23.0 Å². The number of aryl methyl sites for hydroxylation is 1. The number of piperazine rings is 2. The van der Waals surface area contributed by atoms with E-state index < -0.39 is 11.9 Å². The summed E-state index contributed by atoms with van der Waals surface area (Å²) in [4.78, 5) is 63.9. The summed E-state index contributed by atoms with van der Waals surface area (Å²) in [6, 6.07) is 15.7. The number of imide groups is 1. The molecule has 3 unspecified atom stereocenters. The number of nitrogens with zero attached hydrogens (tertiary/aromatic N) is 8. The van der Waals surface area contributed by atoms with E-state index in [1.807, 2.05) is 30.3 Å². The van der Waals surface area contributed by atoms with E-state index in [1.165, 1.54) is 25.7 Å². The van der Waals surface area contributed by atoms with Crippen molar-refractivity contribution in [3.05, 3.63) is 77.2 Å². The van der Waals surface area contributed by atoms with Gasteiger partial charge < -0.3 is 34.8 Å². The minimum Gasteiger partial charge on any atom is -0.508 e. The highest BCUT2D eigenvalue weighted by atomic mass is 19.1. The predicted octanol–water partition coefficient (Wildman–Crippen LogP) is 6.57. The zero-order chi connectivity index (χ0) is 49.1. The third-order valence-corrected chi connectivity index (χ3v) is 18.2. The zero-order valence-corrected chi connectivity index (χ0v) is 41.5. The molecule has 15 nitrogen and oxygen atoms in total. The number of phenolic OH excluding ortho intramolecular Hbond substituents is 1. The van der Waals surface area contributed by atoms with Gasteiger partial charge in [0.2, 0.25) is 11.8 Å². The molecule has 3 aromatic carbocycles. The number of aromatic hydroxyl groups is 1. The largest absolute Gasteiger partial charge is 0.508 e. The molecule has 2 bridgehead atoms. The van der Waals surface area contributed by atoms with Crippen LogP contribution < -0.4 is 25.2 Å². The SMILES string of the molecule is CCc1cccc2cc(O)cc(-c3ncc4c(N5CC6CCC(C5)N6)nc(OCC5(CN6CCC7(CC6)CC(C)(N6CCN(c8ccc9c(c8)CN(C8CCC(=O)NC8=O)C9=O)CC6)C7)CC5)nc4c3F)c12. The number of carbonyl (C=O) groups excluding carboxylic acids is 3. The van der Waals surface area contributed by atoms with Crippen molar-refractivity contribution in [2.75, 3.05) is 75.3 Å². The van der Waals surface area contributed by atoms with Gasteiger partial charge in [0.05, 0.1) is 12.0 Å². The van der Waals surface area contributed by atoms with Crippen molar-refractivity contribution in [1.82, 2.24) is 40.3 Å². The molecule has 2 saturated carbocycles. The number of anilines is 2. The van der Waals surface area contributed by atoms with E-state index in [-0.39, 0.29) is 58.1 Å². The fraction of sp³-hybridized carbons (Fsp3) is 0.536. The summed E-state index contributed by atoms with van der Waals surface area (Å²) in [5.41, 5.74) is 5.28. The smallest absolute Gasteiger partial charge is 0.319 e. The molecule has 8 aliphatic rings. The fourth-order valence-electron chi connectivity index (χ4n) is 14.3. The van der Waals surface area contributed by atoms with Crippen molar-refractivity contribution in [2.24, 2.45) is 10.8 Å². The van der Waals surface area contributed by atoms with Crippen LogP contribution in [0, 0.1) is 16.6 Å². The first-order valence-corrected chi connectivity index (χ1v) is 26.6. The first-order chi connectivity index (χ1) is 34.8. The predicted molar refractivity (Wildman–Crippen MR) is 273 cm³/mol. The van der Waals surface area contributed by atoms with Gasteiger partial charge in [-0.2, -0.15) is 9.97 Å². The first-order valence-electron chi connectivity index (χ1n) is 26.6. The topological polar surface area (TPSA) is 160 Å². The maximum Gasteiger partial charge on any atom is 0.319 e. The van der Waals surface area contributed by atoms with Crippen LogP contribution in [0.4, 0.5) is 15.9 Å². The van der Waals surface area contributed by atoms with E-state index in [0.29, 0.717) is 59.4 Å². The van der Waals surface area contributed by atoms with Gasteiger partial charge in [0.25, 0.3) is 5.91 Å². The number of aromatic nitrogens is 3. The molecule has 2 aliphatic carbocycles. The lowest BCUT2D eigenvalue weighted by Crippen LogP contribution is -2.65. The third-order valence-electron chi connectivity index (χ3n) is 18.2. The average molecular weight is 977 g/mol. The molecule has 13 rings (SSSR count). The van der Waals surface area contributed by atoms with Crippen molar-refractivity contribution in [1.29, 1.82) is 0 Å². The first kappa shape index (κ1) is 45.9. The summed E-state index contributed by atoms with van der Waals surface area (Å²) in [6.07, 6.45) is 12.3. The average Bonchev–Trinajstić information content (AvgIpc) is 3.95. The quantitative estimate of drug-likeness (QED) is 0.122. The summed E-state index contributed by atoms with van der Waals surface area (Å²) < 4.78 is 23.8. The van der Waals surface area contributed by atoms with Crippen LogP contribution in [0.15, 0.2) is 54.7 Å². The number of nitrogens with one attached hydrogen (secondary N) is 2. The lowest BCUT2D eigenvalue weighted by molar-refractivity contribution is -0.136. The molecule has 8 heterocycles. The summed E-state index contributed by atoms with van der Waals surface area (Å²) in [5.74, 6) is -0.595. The second-order valence-corrected chi connectivity index (χ2v) is 23.0. The van der Waals surface area contributed by atoms with Gasteiger partial charge in [-0.1, -0.05) is 25.1 Å². The van der Waals surface area contributed by atoms with E-state index >= 15 is 4.39 Å². The van der Waals surface area contributed by atoms with Crippen LogP contribution in [-0.2, 0) is 22.6 Å². The molecule has 376 valence electrons. The number of likely N-dealkylation sites (tertiary alicyclic amines) is 1. The Morgan fingerprint density at radius 1 is 0.875 bits per heavy atom. The maximum absolute atomic E-state index is 17.2. The van der Waals surface area contributed by atoms with E-state index in [0.717, 1.165) is 119 Å². The molecule has 3 amide bonds. The van der Waals surface area contributed by atoms with Crippen molar-refractivity contribution >= 4 is 50.9 Å². The van der Waals surface area contributed by atoms with E-state index in [9.17, 15) is 19.5 Å². The Kier molecular flexibility index (Phi) is 11.0. The molecule has 3 N–H and O–H groups in total. The Hall–Kier alpha value is -5.97. The van der Waals surface area contributed by atoms with Gasteiger partial charge in [-0.3, -0.25) is 29.6 Å². The van der Waals surface area contributed by atoms with Gasteiger partial charge in [-0.25, -0.2) is 4.39 Å². The maximum atomic E-state index is 17.2. The van der Waals surface area contributed by atoms with Crippen LogP contribution in [0.1, 0.15) is 99.5 Å².